The number of H-pyrrole nitrogens is 1. The van der Waals surface area contributed by atoms with Gasteiger partial charge in [-0.15, -0.1) is 0 Å². The predicted molar refractivity (Wildman–Crippen MR) is 138 cm³/mol. The summed E-state index contributed by atoms with van der Waals surface area (Å²) >= 11 is 0. The van der Waals surface area contributed by atoms with Gasteiger partial charge in [0.2, 0.25) is 0 Å². The van der Waals surface area contributed by atoms with Crippen LogP contribution in [0.4, 0.5) is 10.1 Å². The lowest BCUT2D eigenvalue weighted by Gasteiger charge is -2.14. The van der Waals surface area contributed by atoms with Crippen molar-refractivity contribution in [1.82, 2.24) is 9.78 Å². The number of aryl methyl sites for hydroxylation is 3. The van der Waals surface area contributed by atoms with Crippen molar-refractivity contribution in [3.8, 4) is 5.69 Å². The van der Waals surface area contributed by atoms with Gasteiger partial charge in [0, 0.05) is 16.8 Å². The van der Waals surface area contributed by atoms with Crippen molar-refractivity contribution >= 4 is 28.8 Å². The molecule has 5 rings (SSSR count). The molecule has 0 fully saturated rings. The number of anilines is 1. The highest BCUT2D eigenvalue weighted by molar-refractivity contribution is 6.53. The lowest BCUT2D eigenvalue weighted by Crippen LogP contribution is -2.40. The molecule has 0 unspecified atom stereocenters. The predicted octanol–water partition coefficient (Wildman–Crippen LogP) is 4.10. The second-order valence-electron chi connectivity index (χ2n) is 9.11. The number of benzene rings is 2. The quantitative estimate of drug-likeness (QED) is 0.322. The Balaban J connectivity index is 1.82. The molecule has 2 aromatic carbocycles. The van der Waals surface area contributed by atoms with E-state index in [4.69, 9.17) is 0 Å². The van der Waals surface area contributed by atoms with E-state index in [1.54, 1.807) is 35.2 Å². The molecular formula is C29H26FN4O3+. The molecule has 0 spiro atoms. The number of nitrogens with zero attached hydrogens (tertiary/aromatic N) is 3. The Morgan fingerprint density at radius 3 is 2.19 bits per heavy atom. The number of carbonyl (C=O) groups excluding carboxylic acids is 2. The monoisotopic (exact) mass is 497 g/mol. The zero-order valence-corrected chi connectivity index (χ0v) is 20.8. The van der Waals surface area contributed by atoms with Crippen LogP contribution in [0.2, 0.25) is 0 Å². The van der Waals surface area contributed by atoms with Crippen LogP contribution in [0.3, 0.4) is 0 Å². The number of para-hydroxylation sites is 2. The van der Waals surface area contributed by atoms with Crippen molar-refractivity contribution in [2.24, 2.45) is 0 Å². The molecule has 0 radical (unpaired) electrons. The van der Waals surface area contributed by atoms with Crippen molar-refractivity contribution in [3.05, 3.63) is 112 Å². The van der Waals surface area contributed by atoms with Gasteiger partial charge in [-0.05, 0) is 50.6 Å². The molecule has 0 aliphatic carbocycles. The van der Waals surface area contributed by atoms with E-state index in [0.717, 1.165) is 16.0 Å². The third-order valence-electron chi connectivity index (χ3n) is 6.28. The molecule has 3 heterocycles. The minimum absolute atomic E-state index is 0.00807. The van der Waals surface area contributed by atoms with E-state index in [0.29, 0.717) is 24.2 Å². The van der Waals surface area contributed by atoms with Crippen LogP contribution in [-0.2, 0) is 16.0 Å². The minimum atomic E-state index is -0.745. The summed E-state index contributed by atoms with van der Waals surface area (Å²) < 4.78 is 17.8. The lowest BCUT2D eigenvalue weighted by molar-refractivity contribution is -0.577. The summed E-state index contributed by atoms with van der Waals surface area (Å²) in [6.45, 7) is 5.71. The first-order valence-corrected chi connectivity index (χ1v) is 12.1. The largest absolute Gasteiger partial charge is 0.331 e. The fourth-order valence-corrected chi connectivity index (χ4v) is 4.80. The van der Waals surface area contributed by atoms with Gasteiger partial charge in [-0.1, -0.05) is 43.7 Å². The van der Waals surface area contributed by atoms with Crippen molar-refractivity contribution in [2.75, 3.05) is 4.90 Å². The number of aromatic amines is 1. The Bertz CT molecular complexity index is 1610. The summed E-state index contributed by atoms with van der Waals surface area (Å²) in [6.07, 6.45) is 4.61. The molecule has 1 aliphatic heterocycles. The van der Waals surface area contributed by atoms with Gasteiger partial charge in [-0.3, -0.25) is 19.5 Å². The number of halogens is 1. The second-order valence-corrected chi connectivity index (χ2v) is 9.11. The molecule has 0 bridgehead atoms. The molecule has 186 valence electrons. The first-order chi connectivity index (χ1) is 17.8. The molecule has 2 aromatic heterocycles. The van der Waals surface area contributed by atoms with E-state index in [2.05, 4.69) is 5.10 Å². The smallest absolute Gasteiger partial charge is 0.294 e. The average molecular weight is 498 g/mol. The van der Waals surface area contributed by atoms with Crippen LogP contribution in [0.5, 0.6) is 0 Å². The third kappa shape index (κ3) is 4.10. The highest BCUT2D eigenvalue weighted by Crippen LogP contribution is 2.34. The Hall–Kier alpha value is -4.59. The molecule has 0 saturated heterocycles. The molecular weight excluding hydrogens is 471 g/mol. The standard InChI is InChI=1S/C29H25FN4O3/c1-4-10-22-24(28(36)34(31-22)20-11-6-5-7-12-20)25-26(32-16-18(2)15-19(3)17-32)29(37)33(27(25)35)23-14-9-8-13-21(23)30/h5-9,11-17H,4,10H2,1-3H3/p+1. The highest BCUT2D eigenvalue weighted by atomic mass is 19.1. The van der Waals surface area contributed by atoms with Crippen molar-refractivity contribution in [3.63, 3.8) is 0 Å². The van der Waals surface area contributed by atoms with Crippen LogP contribution in [0.15, 0.2) is 77.9 Å². The lowest BCUT2D eigenvalue weighted by atomic mass is 10.0. The normalized spacial score (nSPS) is 13.7. The van der Waals surface area contributed by atoms with Gasteiger partial charge in [0.15, 0.2) is 12.4 Å². The molecule has 37 heavy (non-hydrogen) atoms. The van der Waals surface area contributed by atoms with Crippen LogP contribution < -0.4 is 15.0 Å². The number of amides is 2. The molecule has 4 aromatic rings. The topological polar surface area (TPSA) is 79.1 Å². The van der Waals surface area contributed by atoms with E-state index >= 15 is 0 Å². The summed E-state index contributed by atoms with van der Waals surface area (Å²) in [5.41, 5.74) is 2.31. The Labute approximate surface area is 213 Å². The number of pyridine rings is 1. The van der Waals surface area contributed by atoms with Crippen LogP contribution in [-0.4, -0.2) is 21.6 Å². The first-order valence-electron chi connectivity index (χ1n) is 12.1. The number of carbonyl (C=O) groups is 2. The molecule has 0 saturated carbocycles. The van der Waals surface area contributed by atoms with Crippen LogP contribution in [0.1, 0.15) is 35.7 Å². The van der Waals surface area contributed by atoms with Gasteiger partial charge in [-0.2, -0.15) is 4.57 Å². The van der Waals surface area contributed by atoms with Crippen LogP contribution >= 0.6 is 0 Å². The summed E-state index contributed by atoms with van der Waals surface area (Å²) in [5, 5.41) is 3.14. The number of rotatable bonds is 6. The van der Waals surface area contributed by atoms with Gasteiger partial charge in [-0.25, -0.2) is 14.0 Å². The Morgan fingerprint density at radius 1 is 0.892 bits per heavy atom. The molecule has 1 N–H and O–H groups in total. The zero-order chi connectivity index (χ0) is 26.3. The van der Waals surface area contributed by atoms with Gasteiger partial charge in [0.05, 0.1) is 16.9 Å². The van der Waals surface area contributed by atoms with Crippen molar-refractivity contribution in [1.29, 1.82) is 0 Å². The van der Waals surface area contributed by atoms with Gasteiger partial charge >= 0.3 is 5.91 Å². The molecule has 8 heteroatoms. The fraction of sp³-hybridized carbons (Fsp3) is 0.172. The molecule has 7 nitrogen and oxygen atoms in total. The van der Waals surface area contributed by atoms with E-state index < -0.39 is 23.2 Å². The van der Waals surface area contributed by atoms with E-state index in [1.807, 2.05) is 45.0 Å². The summed E-state index contributed by atoms with van der Waals surface area (Å²) in [6, 6.07) is 16.6. The first kappa shape index (κ1) is 24.1. The van der Waals surface area contributed by atoms with E-state index in [1.165, 1.54) is 22.9 Å². The maximum absolute atomic E-state index is 14.8. The van der Waals surface area contributed by atoms with Crippen LogP contribution in [0, 0.1) is 19.7 Å². The molecule has 2 amide bonds. The minimum Gasteiger partial charge on any atom is -0.294 e. The fourth-order valence-electron chi connectivity index (χ4n) is 4.80. The van der Waals surface area contributed by atoms with Gasteiger partial charge < -0.3 is 0 Å². The maximum atomic E-state index is 14.8. The Kier molecular flexibility index (Phi) is 6.17. The zero-order valence-electron chi connectivity index (χ0n) is 20.8. The number of aromatic nitrogens is 3. The van der Waals surface area contributed by atoms with Gasteiger partial charge in [0.25, 0.3) is 17.2 Å². The van der Waals surface area contributed by atoms with Crippen LogP contribution in [0.25, 0.3) is 17.0 Å². The Morgan fingerprint density at radius 2 is 1.54 bits per heavy atom. The third-order valence-corrected chi connectivity index (χ3v) is 6.28. The van der Waals surface area contributed by atoms with Crippen molar-refractivity contribution in [2.45, 2.75) is 33.6 Å². The summed E-state index contributed by atoms with van der Waals surface area (Å²) in [5.74, 6) is -2.15. The maximum Gasteiger partial charge on any atom is 0.331 e. The summed E-state index contributed by atoms with van der Waals surface area (Å²) in [4.78, 5) is 42.5. The van der Waals surface area contributed by atoms with E-state index in [9.17, 15) is 18.8 Å². The number of hydrogen-bond donors (Lipinski definition) is 1. The highest BCUT2D eigenvalue weighted by Gasteiger charge is 2.49. The van der Waals surface area contributed by atoms with E-state index in [-0.39, 0.29) is 22.5 Å². The van der Waals surface area contributed by atoms with Gasteiger partial charge in [0.1, 0.15) is 11.4 Å². The molecule has 1 aliphatic rings. The number of nitrogens with one attached hydrogen (secondary N) is 1. The number of hydrogen-bond acceptors (Lipinski definition) is 3. The molecule has 0 atom stereocenters. The second kappa shape index (κ2) is 9.46. The van der Waals surface area contributed by atoms with Crippen molar-refractivity contribution < 1.29 is 18.5 Å². The SMILES string of the molecule is CCCc1[nH]n(-c2ccccc2)c(=O)c1C1=C([n+]2cc(C)cc(C)c2)C(=O)N(c2ccccc2F)C1=O. The summed E-state index contributed by atoms with van der Waals surface area (Å²) in [7, 11) is 0. The number of imide groups is 1. The average Bonchev–Trinajstić information content (AvgIpc) is 3.31.